The third-order valence-corrected chi connectivity index (χ3v) is 5.62. The minimum atomic E-state index is -5.01. The summed E-state index contributed by atoms with van der Waals surface area (Å²) in [5.74, 6) is 4.58. The molecule has 1 saturated carbocycles. The Kier molecular flexibility index (Phi) is 6.19. The number of nitrogens with one attached hydrogen (secondary N) is 1. The van der Waals surface area contributed by atoms with Crippen LogP contribution in [0.2, 0.25) is 5.02 Å². The van der Waals surface area contributed by atoms with Crippen molar-refractivity contribution < 1.29 is 18.3 Å². The van der Waals surface area contributed by atoms with Crippen LogP contribution in [-0.2, 0) is 5.60 Å². The Balaban J connectivity index is 1.82. The normalized spacial score (nSPS) is 15.6. The van der Waals surface area contributed by atoms with Crippen molar-refractivity contribution in [3.63, 3.8) is 0 Å². The molecule has 2 N–H and O–H groups in total. The van der Waals surface area contributed by atoms with E-state index in [0.29, 0.717) is 0 Å². The van der Waals surface area contributed by atoms with E-state index >= 15 is 0 Å². The Hall–Kier alpha value is -2.94. The van der Waals surface area contributed by atoms with Gasteiger partial charge in [0.25, 0.3) is 0 Å². The van der Waals surface area contributed by atoms with Gasteiger partial charge < -0.3 is 10.4 Å². The summed E-state index contributed by atoms with van der Waals surface area (Å²) in [6.07, 6.45) is -3.53. The second-order valence-corrected chi connectivity index (χ2v) is 8.28. The standard InChI is InChI=1S/C26H21ClF3NO/c27-21-13-14-23(22(17-21)25(32,26(28,29)30)16-15-18-11-12-18)31-24(19-7-3-1-4-8-19)20-9-5-2-6-10-20/h1-10,13-14,17-18,24,31-32H,11-12H2. The zero-order valence-electron chi connectivity index (χ0n) is 17.0. The highest BCUT2D eigenvalue weighted by atomic mass is 35.5. The van der Waals surface area contributed by atoms with Gasteiger partial charge in [0.1, 0.15) is 0 Å². The molecular weight excluding hydrogens is 435 g/mol. The molecule has 1 atom stereocenters. The van der Waals surface area contributed by atoms with Crippen LogP contribution >= 0.6 is 11.6 Å². The summed E-state index contributed by atoms with van der Waals surface area (Å²) in [4.78, 5) is 0. The number of halogens is 4. The largest absolute Gasteiger partial charge is 0.433 e. The molecule has 0 bridgehead atoms. The van der Waals surface area contributed by atoms with Crippen molar-refractivity contribution in [1.29, 1.82) is 0 Å². The second kappa shape index (κ2) is 8.90. The van der Waals surface area contributed by atoms with E-state index in [-0.39, 0.29) is 16.6 Å². The highest BCUT2D eigenvalue weighted by molar-refractivity contribution is 6.30. The lowest BCUT2D eigenvalue weighted by Crippen LogP contribution is -2.41. The van der Waals surface area contributed by atoms with Crippen molar-refractivity contribution in [2.45, 2.75) is 30.7 Å². The van der Waals surface area contributed by atoms with Crippen LogP contribution in [0.15, 0.2) is 78.9 Å². The Morgan fingerprint density at radius 3 is 1.97 bits per heavy atom. The molecule has 1 fully saturated rings. The van der Waals surface area contributed by atoms with E-state index < -0.39 is 23.4 Å². The molecule has 0 saturated heterocycles. The molecule has 4 rings (SSSR count). The zero-order chi connectivity index (χ0) is 22.8. The summed E-state index contributed by atoms with van der Waals surface area (Å²) in [7, 11) is 0. The van der Waals surface area contributed by atoms with Crippen LogP contribution in [0.3, 0.4) is 0 Å². The van der Waals surface area contributed by atoms with Crippen molar-refractivity contribution in [1.82, 2.24) is 0 Å². The predicted octanol–water partition coefficient (Wildman–Crippen LogP) is 6.70. The van der Waals surface area contributed by atoms with Gasteiger partial charge in [0, 0.05) is 22.2 Å². The number of rotatable bonds is 5. The quantitative estimate of drug-likeness (QED) is 0.419. The number of benzene rings is 3. The fourth-order valence-electron chi connectivity index (χ4n) is 3.47. The third kappa shape index (κ3) is 4.77. The van der Waals surface area contributed by atoms with Gasteiger partial charge in [0.15, 0.2) is 0 Å². The van der Waals surface area contributed by atoms with Gasteiger partial charge in [-0.15, -0.1) is 0 Å². The first kappa shape index (κ1) is 22.3. The van der Waals surface area contributed by atoms with Crippen molar-refractivity contribution in [2.75, 3.05) is 5.32 Å². The second-order valence-electron chi connectivity index (χ2n) is 7.84. The maximum atomic E-state index is 14.1. The minimum absolute atomic E-state index is 0.0809. The molecule has 1 aliphatic rings. The average Bonchev–Trinajstić information content (AvgIpc) is 3.61. The monoisotopic (exact) mass is 455 g/mol. The van der Waals surface area contributed by atoms with Gasteiger partial charge in [0.2, 0.25) is 5.60 Å². The molecule has 0 radical (unpaired) electrons. The van der Waals surface area contributed by atoms with Gasteiger partial charge in [-0.1, -0.05) is 84.1 Å². The molecule has 2 nitrogen and oxygen atoms in total. The Labute approximate surface area is 190 Å². The van der Waals surface area contributed by atoms with Gasteiger partial charge in [-0.3, -0.25) is 0 Å². The van der Waals surface area contributed by atoms with Crippen LogP contribution in [0.25, 0.3) is 0 Å². The van der Waals surface area contributed by atoms with Gasteiger partial charge >= 0.3 is 6.18 Å². The first-order chi connectivity index (χ1) is 15.3. The minimum Gasteiger partial charge on any atom is -0.374 e. The summed E-state index contributed by atoms with van der Waals surface area (Å²) >= 11 is 6.06. The summed E-state index contributed by atoms with van der Waals surface area (Å²) < 4.78 is 42.4. The lowest BCUT2D eigenvalue weighted by molar-refractivity contribution is -0.240. The van der Waals surface area contributed by atoms with Crippen LogP contribution in [0.4, 0.5) is 18.9 Å². The van der Waals surface area contributed by atoms with Crippen LogP contribution in [0.5, 0.6) is 0 Å². The number of aliphatic hydroxyl groups is 1. The number of hydrogen-bond donors (Lipinski definition) is 2. The van der Waals surface area contributed by atoms with Crippen LogP contribution in [0, 0.1) is 17.8 Å². The molecule has 3 aromatic carbocycles. The third-order valence-electron chi connectivity index (χ3n) is 5.38. The van der Waals surface area contributed by atoms with E-state index in [1.165, 1.54) is 12.1 Å². The maximum Gasteiger partial charge on any atom is 0.433 e. The molecule has 3 aromatic rings. The number of alkyl halides is 3. The van der Waals surface area contributed by atoms with Gasteiger partial charge in [-0.25, -0.2) is 0 Å². The first-order valence-electron chi connectivity index (χ1n) is 10.3. The van der Waals surface area contributed by atoms with E-state index in [0.717, 1.165) is 30.0 Å². The number of anilines is 1. The van der Waals surface area contributed by atoms with Crippen LogP contribution in [0.1, 0.15) is 35.6 Å². The fraction of sp³-hybridized carbons (Fsp3) is 0.231. The SMILES string of the molecule is OC(C#CC1CC1)(c1cc(Cl)ccc1NC(c1ccccc1)c1ccccc1)C(F)(F)F. The Bertz CT molecular complexity index is 1090. The molecule has 1 unspecified atom stereocenters. The Morgan fingerprint density at radius 1 is 0.906 bits per heavy atom. The van der Waals surface area contributed by atoms with Crippen molar-refractivity contribution >= 4 is 17.3 Å². The van der Waals surface area contributed by atoms with Crippen molar-refractivity contribution in [3.8, 4) is 11.8 Å². The fourth-order valence-corrected chi connectivity index (χ4v) is 3.64. The predicted molar refractivity (Wildman–Crippen MR) is 120 cm³/mol. The summed E-state index contributed by atoms with van der Waals surface area (Å²) in [6, 6.07) is 22.4. The van der Waals surface area contributed by atoms with E-state index in [4.69, 9.17) is 11.6 Å². The molecule has 0 heterocycles. The molecule has 6 heteroatoms. The van der Waals surface area contributed by atoms with Crippen LogP contribution < -0.4 is 5.32 Å². The Morgan fingerprint density at radius 2 is 1.47 bits per heavy atom. The smallest absolute Gasteiger partial charge is 0.374 e. The molecule has 164 valence electrons. The molecule has 0 amide bonds. The van der Waals surface area contributed by atoms with Crippen molar-refractivity contribution in [3.05, 3.63) is 101 Å². The van der Waals surface area contributed by atoms with E-state index in [1.54, 1.807) is 0 Å². The molecule has 32 heavy (non-hydrogen) atoms. The molecule has 0 spiro atoms. The van der Waals surface area contributed by atoms with Gasteiger partial charge in [0.05, 0.1) is 6.04 Å². The highest BCUT2D eigenvalue weighted by Crippen LogP contribution is 2.44. The molecule has 0 aromatic heterocycles. The molecule has 1 aliphatic carbocycles. The maximum absolute atomic E-state index is 14.1. The first-order valence-corrected chi connectivity index (χ1v) is 10.6. The lowest BCUT2D eigenvalue weighted by Gasteiger charge is -2.30. The van der Waals surface area contributed by atoms with Crippen molar-refractivity contribution in [2.24, 2.45) is 5.92 Å². The van der Waals surface area contributed by atoms with Gasteiger partial charge in [-0.05, 0) is 42.2 Å². The topological polar surface area (TPSA) is 32.3 Å². The number of hydrogen-bond acceptors (Lipinski definition) is 2. The lowest BCUT2D eigenvalue weighted by atomic mass is 9.90. The van der Waals surface area contributed by atoms with E-state index in [2.05, 4.69) is 17.2 Å². The average molecular weight is 456 g/mol. The highest BCUT2D eigenvalue weighted by Gasteiger charge is 2.55. The molecule has 0 aliphatic heterocycles. The van der Waals surface area contributed by atoms with E-state index in [1.807, 2.05) is 60.7 Å². The zero-order valence-corrected chi connectivity index (χ0v) is 17.8. The summed E-state index contributed by atoms with van der Waals surface area (Å²) in [6.45, 7) is 0. The summed E-state index contributed by atoms with van der Waals surface area (Å²) in [5, 5.41) is 14.1. The van der Waals surface area contributed by atoms with Crippen LogP contribution in [-0.4, -0.2) is 11.3 Å². The molecular formula is C26H21ClF3NO. The van der Waals surface area contributed by atoms with Gasteiger partial charge in [-0.2, -0.15) is 13.2 Å². The van der Waals surface area contributed by atoms with E-state index in [9.17, 15) is 18.3 Å². The summed E-state index contributed by atoms with van der Waals surface area (Å²) in [5.41, 5.74) is -1.93.